The largest absolute Gasteiger partial charge is 0.353 e. The van der Waals surface area contributed by atoms with Crippen LogP contribution in [0.5, 0.6) is 0 Å². The van der Waals surface area contributed by atoms with E-state index in [-0.39, 0.29) is 35.8 Å². The molecule has 9 nitrogen and oxygen atoms in total. The van der Waals surface area contributed by atoms with Crippen molar-refractivity contribution in [1.82, 2.24) is 9.88 Å². The molecule has 0 radical (unpaired) electrons. The van der Waals surface area contributed by atoms with Gasteiger partial charge in [-0.15, -0.1) is 0 Å². The molecule has 9 heteroatoms. The number of carbonyl (C=O) groups is 2. The first-order chi connectivity index (χ1) is 9.93. The van der Waals surface area contributed by atoms with E-state index in [9.17, 15) is 19.7 Å². The van der Waals surface area contributed by atoms with Crippen LogP contribution in [0, 0.1) is 21.4 Å². The van der Waals surface area contributed by atoms with E-state index in [0.717, 1.165) is 11.0 Å². The molecule has 1 fully saturated rings. The van der Waals surface area contributed by atoms with Crippen LogP contribution in [-0.2, 0) is 9.59 Å². The number of likely N-dealkylation sites (N-methyl/N-ethyl adjacent to an activating group) is 1. The number of nitriles is 1. The van der Waals surface area contributed by atoms with Crippen LogP contribution in [0.2, 0.25) is 0 Å². The number of rotatable bonds is 3. The van der Waals surface area contributed by atoms with Crippen LogP contribution in [0.1, 0.15) is 18.4 Å². The van der Waals surface area contributed by atoms with Crippen molar-refractivity contribution in [1.29, 1.82) is 5.26 Å². The first-order valence-electron chi connectivity index (χ1n) is 6.05. The van der Waals surface area contributed by atoms with Crippen LogP contribution in [0.15, 0.2) is 12.3 Å². The Morgan fingerprint density at radius 1 is 1.57 bits per heavy atom. The number of carbonyl (C=O) groups excluding carboxylic acids is 2. The molecule has 1 aromatic rings. The Hall–Kier alpha value is -3.02. The number of pyridine rings is 1. The Labute approximate surface area is 119 Å². The van der Waals surface area contributed by atoms with Crippen LogP contribution in [0.3, 0.4) is 0 Å². The second kappa shape index (κ2) is 5.54. The Kier molecular flexibility index (Phi) is 3.80. The van der Waals surface area contributed by atoms with Crippen LogP contribution in [0.25, 0.3) is 0 Å². The SMILES string of the molecule is CN1C(=O)CCC(Nc2ncc(C#N)cc2[N+](=O)[O-])C1=O. The number of nitro groups is 1. The molecule has 108 valence electrons. The highest BCUT2D eigenvalue weighted by atomic mass is 16.6. The number of anilines is 1. The molecule has 1 aromatic heterocycles. The van der Waals surface area contributed by atoms with Gasteiger partial charge in [0.25, 0.3) is 5.91 Å². The summed E-state index contributed by atoms with van der Waals surface area (Å²) in [6.45, 7) is 0. The molecular formula is C12H11N5O4. The van der Waals surface area contributed by atoms with Crippen molar-refractivity contribution in [2.45, 2.75) is 18.9 Å². The van der Waals surface area contributed by atoms with E-state index in [0.29, 0.717) is 0 Å². The Bertz CT molecular complexity index is 666. The number of amides is 2. The fourth-order valence-electron chi connectivity index (χ4n) is 1.98. The quantitative estimate of drug-likeness (QED) is 0.485. The predicted molar refractivity (Wildman–Crippen MR) is 70.0 cm³/mol. The van der Waals surface area contributed by atoms with Crippen LogP contribution in [-0.4, -0.2) is 39.7 Å². The minimum absolute atomic E-state index is 0.0505. The third-order valence-corrected chi connectivity index (χ3v) is 3.15. The standard InChI is InChI=1S/C12H11N5O4/c1-16-10(18)3-2-8(12(16)19)15-11-9(17(20)21)4-7(5-13)6-14-11/h4,6,8H,2-3H2,1H3,(H,14,15). The summed E-state index contributed by atoms with van der Waals surface area (Å²) in [5.74, 6) is -0.854. The van der Waals surface area contributed by atoms with Crippen molar-refractivity contribution in [3.63, 3.8) is 0 Å². The Morgan fingerprint density at radius 2 is 2.29 bits per heavy atom. The van der Waals surface area contributed by atoms with E-state index in [2.05, 4.69) is 10.3 Å². The lowest BCUT2D eigenvalue weighted by molar-refractivity contribution is -0.384. The molecule has 0 aromatic carbocycles. The van der Waals surface area contributed by atoms with Crippen molar-refractivity contribution in [2.24, 2.45) is 0 Å². The number of likely N-dealkylation sites (tertiary alicyclic amines) is 1. The summed E-state index contributed by atoms with van der Waals surface area (Å²) >= 11 is 0. The van der Waals surface area contributed by atoms with Gasteiger partial charge >= 0.3 is 5.69 Å². The third-order valence-electron chi connectivity index (χ3n) is 3.15. The van der Waals surface area contributed by atoms with E-state index >= 15 is 0 Å². The van der Waals surface area contributed by atoms with Gasteiger partial charge in [0.1, 0.15) is 12.1 Å². The molecule has 0 spiro atoms. The molecule has 2 heterocycles. The van der Waals surface area contributed by atoms with Gasteiger partial charge in [-0.1, -0.05) is 0 Å². The van der Waals surface area contributed by atoms with Gasteiger partial charge in [-0.05, 0) is 6.42 Å². The monoisotopic (exact) mass is 289 g/mol. The van der Waals surface area contributed by atoms with E-state index in [1.165, 1.54) is 13.2 Å². The maximum absolute atomic E-state index is 11.9. The lowest BCUT2D eigenvalue weighted by Crippen LogP contribution is -2.48. The normalized spacial score (nSPS) is 18.3. The van der Waals surface area contributed by atoms with E-state index < -0.39 is 16.9 Å². The molecule has 1 aliphatic heterocycles. The van der Waals surface area contributed by atoms with Gasteiger partial charge in [-0.2, -0.15) is 5.26 Å². The molecular weight excluding hydrogens is 278 g/mol. The second-order valence-corrected chi connectivity index (χ2v) is 4.49. The lowest BCUT2D eigenvalue weighted by atomic mass is 10.0. The summed E-state index contributed by atoms with van der Waals surface area (Å²) in [6, 6.07) is 2.08. The number of nitrogens with one attached hydrogen (secondary N) is 1. The van der Waals surface area contributed by atoms with Gasteiger partial charge in [0.05, 0.1) is 10.5 Å². The topological polar surface area (TPSA) is 129 Å². The first-order valence-corrected chi connectivity index (χ1v) is 6.05. The zero-order chi connectivity index (χ0) is 15.6. The molecule has 1 N–H and O–H groups in total. The summed E-state index contributed by atoms with van der Waals surface area (Å²) in [7, 11) is 1.36. The second-order valence-electron chi connectivity index (χ2n) is 4.49. The summed E-state index contributed by atoms with van der Waals surface area (Å²) in [6.07, 6.45) is 1.59. The maximum atomic E-state index is 11.9. The van der Waals surface area contributed by atoms with Gasteiger partial charge in [-0.25, -0.2) is 4.98 Å². The number of nitrogens with zero attached hydrogens (tertiary/aromatic N) is 4. The molecule has 2 amide bonds. The molecule has 0 bridgehead atoms. The molecule has 1 saturated heterocycles. The van der Waals surface area contributed by atoms with Gasteiger partial charge in [0, 0.05) is 25.7 Å². The first kappa shape index (κ1) is 14.4. The lowest BCUT2D eigenvalue weighted by Gasteiger charge is -2.28. The Balaban J connectivity index is 2.28. The minimum Gasteiger partial charge on any atom is -0.353 e. The molecule has 1 atom stereocenters. The van der Waals surface area contributed by atoms with E-state index in [1.54, 1.807) is 6.07 Å². The highest BCUT2D eigenvalue weighted by molar-refractivity contribution is 6.01. The van der Waals surface area contributed by atoms with Gasteiger partial charge in [0.15, 0.2) is 0 Å². The van der Waals surface area contributed by atoms with Gasteiger partial charge in [-0.3, -0.25) is 24.6 Å². The summed E-state index contributed by atoms with van der Waals surface area (Å²) < 4.78 is 0. The van der Waals surface area contributed by atoms with Crippen LogP contribution < -0.4 is 5.32 Å². The van der Waals surface area contributed by atoms with E-state index in [4.69, 9.17) is 5.26 Å². The van der Waals surface area contributed by atoms with E-state index in [1.807, 2.05) is 0 Å². The fraction of sp³-hybridized carbons (Fsp3) is 0.333. The van der Waals surface area contributed by atoms with Crippen molar-refractivity contribution in [3.05, 3.63) is 27.9 Å². The number of aromatic nitrogens is 1. The zero-order valence-corrected chi connectivity index (χ0v) is 11.1. The predicted octanol–water partition coefficient (Wildman–Crippen LogP) is 0.421. The van der Waals surface area contributed by atoms with Crippen molar-refractivity contribution in [3.8, 4) is 6.07 Å². The average molecular weight is 289 g/mol. The van der Waals surface area contributed by atoms with Crippen molar-refractivity contribution < 1.29 is 14.5 Å². The fourth-order valence-corrected chi connectivity index (χ4v) is 1.98. The molecule has 0 saturated carbocycles. The van der Waals surface area contributed by atoms with Crippen LogP contribution in [0.4, 0.5) is 11.5 Å². The summed E-state index contributed by atoms with van der Waals surface area (Å²) in [5, 5.41) is 22.4. The van der Waals surface area contributed by atoms with Gasteiger partial charge < -0.3 is 5.32 Å². The third kappa shape index (κ3) is 2.79. The van der Waals surface area contributed by atoms with Crippen molar-refractivity contribution >= 4 is 23.3 Å². The average Bonchev–Trinajstić information content (AvgIpc) is 2.48. The smallest absolute Gasteiger partial charge is 0.312 e. The molecule has 0 aliphatic carbocycles. The summed E-state index contributed by atoms with van der Waals surface area (Å²) in [4.78, 5) is 38.4. The number of imide groups is 1. The van der Waals surface area contributed by atoms with Crippen molar-refractivity contribution in [2.75, 3.05) is 12.4 Å². The molecule has 1 aliphatic rings. The Morgan fingerprint density at radius 3 is 2.90 bits per heavy atom. The van der Waals surface area contributed by atoms with Crippen LogP contribution >= 0.6 is 0 Å². The molecule has 21 heavy (non-hydrogen) atoms. The highest BCUT2D eigenvalue weighted by Gasteiger charge is 2.33. The summed E-state index contributed by atoms with van der Waals surface area (Å²) in [5.41, 5.74) is -0.337. The molecule has 1 unspecified atom stereocenters. The highest BCUT2D eigenvalue weighted by Crippen LogP contribution is 2.25. The zero-order valence-electron chi connectivity index (χ0n) is 11.1. The number of hydrogen-bond acceptors (Lipinski definition) is 7. The number of piperidine rings is 1. The maximum Gasteiger partial charge on any atom is 0.312 e. The number of hydrogen-bond donors (Lipinski definition) is 1. The van der Waals surface area contributed by atoms with Gasteiger partial charge in [0.2, 0.25) is 11.7 Å². The molecule has 2 rings (SSSR count). The minimum atomic E-state index is -0.758.